The number of ketones is 2. The van der Waals surface area contributed by atoms with Gasteiger partial charge in [0.15, 0.2) is 5.78 Å². The summed E-state index contributed by atoms with van der Waals surface area (Å²) in [6, 6.07) is 27.8. The van der Waals surface area contributed by atoms with Gasteiger partial charge in [0.1, 0.15) is 5.71 Å². The van der Waals surface area contributed by atoms with Gasteiger partial charge in [-0.25, -0.2) is 4.79 Å². The number of aromatic nitrogens is 1. The van der Waals surface area contributed by atoms with Crippen LogP contribution in [0.2, 0.25) is 5.02 Å². The number of hydrogen-bond donors (Lipinski definition) is 0. The Bertz CT molecular complexity index is 1790. The largest absolute Gasteiger partial charge is 0.341 e. The van der Waals surface area contributed by atoms with Gasteiger partial charge in [-0.15, -0.1) is 11.8 Å². The summed E-state index contributed by atoms with van der Waals surface area (Å²) >= 11 is 7.53. The van der Waals surface area contributed by atoms with Gasteiger partial charge in [0.05, 0.1) is 0 Å². The van der Waals surface area contributed by atoms with Crippen LogP contribution in [0.15, 0.2) is 101 Å². The number of thioether (sulfide) groups is 1. The van der Waals surface area contributed by atoms with Crippen molar-refractivity contribution in [2.75, 3.05) is 5.75 Å². The number of benzene rings is 4. The van der Waals surface area contributed by atoms with E-state index in [0.29, 0.717) is 33.9 Å². The van der Waals surface area contributed by atoms with Crippen molar-refractivity contribution in [1.29, 1.82) is 0 Å². The zero-order valence-corrected chi connectivity index (χ0v) is 24.2. The second kappa shape index (κ2) is 12.5. The Balaban J connectivity index is 1.49. The minimum atomic E-state index is -0.599. The quantitative estimate of drug-likeness (QED) is 0.0548. The van der Waals surface area contributed by atoms with E-state index in [1.807, 2.05) is 72.8 Å². The number of hydrogen-bond acceptors (Lipinski definition) is 6. The molecule has 0 aliphatic heterocycles. The zero-order valence-electron chi connectivity index (χ0n) is 22.6. The van der Waals surface area contributed by atoms with Gasteiger partial charge in [0.25, 0.3) is 0 Å². The Hall–Kier alpha value is -4.20. The summed E-state index contributed by atoms with van der Waals surface area (Å²) in [5.74, 6) is -0.432. The first-order chi connectivity index (χ1) is 19.9. The van der Waals surface area contributed by atoms with Gasteiger partial charge in [-0.1, -0.05) is 47.1 Å². The molecule has 0 bridgehead atoms. The Morgan fingerprint density at radius 2 is 1.46 bits per heavy atom. The van der Waals surface area contributed by atoms with Gasteiger partial charge < -0.3 is 9.40 Å². The van der Waals surface area contributed by atoms with Gasteiger partial charge in [-0.3, -0.25) is 9.59 Å². The van der Waals surface area contributed by atoms with Crippen LogP contribution in [0.25, 0.3) is 21.8 Å². The lowest BCUT2D eigenvalue weighted by atomic mass is 9.99. The van der Waals surface area contributed by atoms with E-state index in [2.05, 4.69) is 16.6 Å². The molecule has 4 aromatic carbocycles. The molecule has 0 saturated carbocycles. The molecule has 6 nitrogen and oxygen atoms in total. The minimum Gasteiger partial charge on any atom is -0.341 e. The standard InChI is InChI=1S/C33H27ClN2O4S/c1-3-36-30-15-9-23(32(38)22-7-5-4-6-8-22)19-27(30)28-20-24(10-16-31(28)36)33(39)29(35-40-21(2)37)17-18-41-26-13-11-25(34)12-14-26/h4-16,19-20H,3,17-18H2,1-2H3. The third kappa shape index (κ3) is 6.26. The molecule has 0 aliphatic rings. The summed E-state index contributed by atoms with van der Waals surface area (Å²) in [5.41, 5.74) is 3.71. The SMILES string of the molecule is CCn1c2ccc(C(=O)C(CCSc3ccc(Cl)cc3)=NOC(C)=O)cc2c2cc(C(=O)c3ccccc3)ccc21. The van der Waals surface area contributed by atoms with Gasteiger partial charge >= 0.3 is 5.97 Å². The lowest BCUT2D eigenvalue weighted by molar-refractivity contribution is -0.140. The maximum atomic E-state index is 13.7. The molecule has 5 aromatic rings. The van der Waals surface area contributed by atoms with Crippen molar-refractivity contribution in [3.8, 4) is 0 Å². The van der Waals surface area contributed by atoms with E-state index in [0.717, 1.165) is 33.2 Å². The van der Waals surface area contributed by atoms with Crippen LogP contribution < -0.4 is 0 Å². The molecule has 1 aromatic heterocycles. The molecule has 0 atom stereocenters. The zero-order chi connectivity index (χ0) is 28.9. The van der Waals surface area contributed by atoms with Gasteiger partial charge in [0.2, 0.25) is 5.78 Å². The van der Waals surface area contributed by atoms with E-state index < -0.39 is 5.97 Å². The summed E-state index contributed by atoms with van der Waals surface area (Å²) in [4.78, 5) is 44.2. The lowest BCUT2D eigenvalue weighted by Crippen LogP contribution is -2.16. The number of carbonyl (C=O) groups is 3. The molecule has 0 fully saturated rings. The number of oxime groups is 1. The number of fused-ring (bicyclic) bond motifs is 3. The molecular formula is C33H27ClN2O4S. The molecule has 5 rings (SSSR count). The highest BCUT2D eigenvalue weighted by atomic mass is 35.5. The van der Waals surface area contributed by atoms with Crippen LogP contribution >= 0.6 is 23.4 Å². The molecule has 41 heavy (non-hydrogen) atoms. The first-order valence-corrected chi connectivity index (χ1v) is 14.6. The van der Waals surface area contributed by atoms with E-state index in [4.69, 9.17) is 16.4 Å². The molecule has 0 radical (unpaired) electrons. The fourth-order valence-corrected chi connectivity index (χ4v) is 5.75. The molecule has 0 spiro atoms. The number of carbonyl (C=O) groups excluding carboxylic acids is 3. The summed E-state index contributed by atoms with van der Waals surface area (Å²) in [6.45, 7) is 4.03. The fourth-order valence-electron chi connectivity index (χ4n) is 4.77. The van der Waals surface area contributed by atoms with E-state index >= 15 is 0 Å². The second-order valence-electron chi connectivity index (χ2n) is 9.41. The van der Waals surface area contributed by atoms with Crippen LogP contribution in [0.3, 0.4) is 0 Å². The molecule has 0 unspecified atom stereocenters. The average Bonchev–Trinajstić information content (AvgIpc) is 3.31. The Labute approximate surface area is 246 Å². The first kappa shape index (κ1) is 28.3. The molecule has 0 amide bonds. The summed E-state index contributed by atoms with van der Waals surface area (Å²) in [7, 11) is 0. The predicted octanol–water partition coefficient (Wildman–Crippen LogP) is 7.98. The van der Waals surface area contributed by atoms with Gasteiger partial charge in [0, 0.05) is 74.1 Å². The third-order valence-electron chi connectivity index (χ3n) is 6.71. The van der Waals surface area contributed by atoms with E-state index in [1.165, 1.54) is 6.92 Å². The summed E-state index contributed by atoms with van der Waals surface area (Å²) in [5, 5.41) is 6.31. The fraction of sp³-hybridized carbons (Fsp3) is 0.152. The maximum absolute atomic E-state index is 13.7. The highest BCUT2D eigenvalue weighted by molar-refractivity contribution is 7.99. The number of Topliss-reactive ketones (excluding diaryl/α,β-unsaturated/α-hetero) is 1. The molecule has 0 aliphatic carbocycles. The Morgan fingerprint density at radius 1 is 0.829 bits per heavy atom. The van der Waals surface area contributed by atoms with Crippen molar-refractivity contribution >= 4 is 68.4 Å². The predicted molar refractivity (Wildman–Crippen MR) is 165 cm³/mol. The maximum Gasteiger partial charge on any atom is 0.331 e. The van der Waals surface area contributed by atoms with E-state index in [-0.39, 0.29) is 17.3 Å². The van der Waals surface area contributed by atoms with Crippen molar-refractivity contribution < 1.29 is 19.2 Å². The van der Waals surface area contributed by atoms with Crippen LogP contribution in [0.5, 0.6) is 0 Å². The van der Waals surface area contributed by atoms with Crippen LogP contribution in [-0.4, -0.2) is 33.6 Å². The highest BCUT2D eigenvalue weighted by Crippen LogP contribution is 2.32. The molecule has 8 heteroatoms. The normalized spacial score (nSPS) is 11.6. The third-order valence-corrected chi connectivity index (χ3v) is 7.97. The van der Waals surface area contributed by atoms with Gasteiger partial charge in [-0.2, -0.15) is 0 Å². The number of rotatable bonds is 10. The Kier molecular flexibility index (Phi) is 8.67. The smallest absolute Gasteiger partial charge is 0.331 e. The van der Waals surface area contributed by atoms with Crippen LogP contribution in [0.1, 0.15) is 46.5 Å². The molecule has 0 N–H and O–H groups in total. The van der Waals surface area contributed by atoms with Crippen molar-refractivity contribution in [2.24, 2.45) is 5.16 Å². The van der Waals surface area contributed by atoms with Crippen LogP contribution in [-0.2, 0) is 16.2 Å². The topological polar surface area (TPSA) is 77.7 Å². The van der Waals surface area contributed by atoms with E-state index in [1.54, 1.807) is 30.0 Å². The summed E-state index contributed by atoms with van der Waals surface area (Å²) < 4.78 is 2.16. The summed E-state index contributed by atoms with van der Waals surface area (Å²) in [6.07, 6.45) is 0.296. The highest BCUT2D eigenvalue weighted by Gasteiger charge is 2.20. The van der Waals surface area contributed by atoms with Crippen LogP contribution in [0.4, 0.5) is 0 Å². The lowest BCUT2D eigenvalue weighted by Gasteiger charge is -2.07. The number of nitrogens with zero attached hydrogens (tertiary/aromatic N) is 2. The van der Waals surface area contributed by atoms with Crippen molar-refractivity contribution in [3.63, 3.8) is 0 Å². The first-order valence-electron chi connectivity index (χ1n) is 13.2. The van der Waals surface area contributed by atoms with Crippen molar-refractivity contribution in [3.05, 3.63) is 113 Å². The van der Waals surface area contributed by atoms with Gasteiger partial charge in [-0.05, 0) is 67.6 Å². The minimum absolute atomic E-state index is 0.0638. The number of halogens is 1. The molecule has 1 heterocycles. The average molecular weight is 583 g/mol. The second-order valence-corrected chi connectivity index (χ2v) is 11.0. The molecular weight excluding hydrogens is 556 g/mol. The molecule has 206 valence electrons. The number of aryl methyl sites for hydroxylation is 1. The van der Waals surface area contributed by atoms with Crippen molar-refractivity contribution in [2.45, 2.75) is 31.7 Å². The Morgan fingerprint density at radius 3 is 2.10 bits per heavy atom. The van der Waals surface area contributed by atoms with E-state index in [9.17, 15) is 14.4 Å². The van der Waals surface area contributed by atoms with Crippen molar-refractivity contribution in [1.82, 2.24) is 4.57 Å². The van der Waals surface area contributed by atoms with Crippen LogP contribution in [0, 0.1) is 0 Å². The monoisotopic (exact) mass is 582 g/mol. The molecule has 0 saturated heterocycles.